The molecule has 34 heavy (non-hydrogen) atoms. The minimum atomic E-state index is -0.347. The number of nitrogens with zero attached hydrogens (tertiary/aromatic N) is 3. The molecule has 0 radical (unpaired) electrons. The third-order valence-corrected chi connectivity index (χ3v) is 7.58. The lowest BCUT2D eigenvalue weighted by molar-refractivity contribution is 0.0994. The lowest BCUT2D eigenvalue weighted by Gasteiger charge is -2.32. The second-order valence-corrected chi connectivity index (χ2v) is 10.5. The summed E-state index contributed by atoms with van der Waals surface area (Å²) in [7, 11) is 0. The Morgan fingerprint density at radius 2 is 2.00 bits per heavy atom. The molecule has 0 amide bonds. The maximum absolute atomic E-state index is 14.8. The van der Waals surface area contributed by atoms with Crippen molar-refractivity contribution >= 4 is 22.4 Å². The van der Waals surface area contributed by atoms with Gasteiger partial charge in [-0.15, -0.1) is 0 Å². The minimum absolute atomic E-state index is 0.0672. The summed E-state index contributed by atoms with van der Waals surface area (Å²) >= 11 is 0. The van der Waals surface area contributed by atoms with Gasteiger partial charge in [0.15, 0.2) is 5.78 Å². The van der Waals surface area contributed by atoms with Crippen LogP contribution < -0.4 is 10.6 Å². The monoisotopic (exact) mass is 460 g/mol. The first-order valence-electron chi connectivity index (χ1n) is 12.4. The van der Waals surface area contributed by atoms with E-state index in [0.29, 0.717) is 34.2 Å². The standard InChI is InChI=1S/C28H33FN4O/c1-17-6-8-33(16-17)22-13-25-26(29)4-3-24(28(25)32-15-22)27(34)12-20-14-31-7-5-23(20)19-9-18(2)10-21(30)11-19/h3-5,7,13-15,17-19,21H,6,8-12,16,30H2,1-2H3/t17-,18-,19+,21-/m0/s1. The number of pyridine rings is 2. The van der Waals surface area contributed by atoms with E-state index in [0.717, 1.165) is 55.6 Å². The summed E-state index contributed by atoms with van der Waals surface area (Å²) in [5.74, 6) is 1.09. The maximum atomic E-state index is 14.8. The molecular formula is C28H33FN4O. The summed E-state index contributed by atoms with van der Waals surface area (Å²) in [4.78, 5) is 24.6. The first-order chi connectivity index (χ1) is 16.4. The van der Waals surface area contributed by atoms with Crippen molar-refractivity contribution in [2.24, 2.45) is 17.6 Å². The molecule has 1 saturated carbocycles. The van der Waals surface area contributed by atoms with Crippen molar-refractivity contribution in [3.63, 3.8) is 0 Å². The van der Waals surface area contributed by atoms with Gasteiger partial charge < -0.3 is 10.6 Å². The number of aromatic nitrogens is 2. The Labute approximate surface area is 200 Å². The van der Waals surface area contributed by atoms with Gasteiger partial charge in [-0.05, 0) is 78.8 Å². The number of anilines is 1. The molecular weight excluding hydrogens is 427 g/mol. The molecule has 0 spiro atoms. The third-order valence-electron chi connectivity index (χ3n) is 7.58. The Morgan fingerprint density at radius 3 is 2.76 bits per heavy atom. The van der Waals surface area contributed by atoms with Gasteiger partial charge in [-0.1, -0.05) is 13.8 Å². The fourth-order valence-corrected chi connectivity index (χ4v) is 5.91. The Hall–Kier alpha value is -2.86. The molecule has 1 aromatic carbocycles. The van der Waals surface area contributed by atoms with Crippen molar-refractivity contribution in [3.8, 4) is 0 Å². The quantitative estimate of drug-likeness (QED) is 0.525. The highest BCUT2D eigenvalue weighted by atomic mass is 19.1. The predicted molar refractivity (Wildman–Crippen MR) is 134 cm³/mol. The van der Waals surface area contributed by atoms with Gasteiger partial charge in [0.2, 0.25) is 0 Å². The van der Waals surface area contributed by atoms with E-state index in [9.17, 15) is 9.18 Å². The minimum Gasteiger partial charge on any atom is -0.370 e. The van der Waals surface area contributed by atoms with E-state index in [1.54, 1.807) is 24.7 Å². The number of fused-ring (bicyclic) bond motifs is 1. The Morgan fingerprint density at radius 1 is 1.15 bits per heavy atom. The summed E-state index contributed by atoms with van der Waals surface area (Å²) in [6, 6.07) is 7.01. The smallest absolute Gasteiger partial charge is 0.169 e. The maximum Gasteiger partial charge on any atom is 0.169 e. The Balaban J connectivity index is 1.44. The summed E-state index contributed by atoms with van der Waals surface area (Å²) in [5, 5.41) is 0.404. The molecule has 2 N–H and O–H groups in total. The van der Waals surface area contributed by atoms with Crippen LogP contribution in [0, 0.1) is 17.7 Å². The number of ketones is 1. The van der Waals surface area contributed by atoms with Gasteiger partial charge in [0, 0.05) is 48.9 Å². The highest BCUT2D eigenvalue weighted by Crippen LogP contribution is 2.37. The van der Waals surface area contributed by atoms with Crippen molar-refractivity contribution in [1.29, 1.82) is 0 Å². The predicted octanol–water partition coefficient (Wildman–Crippen LogP) is 5.27. The molecule has 1 saturated heterocycles. The molecule has 1 aliphatic carbocycles. The average Bonchev–Trinajstić information content (AvgIpc) is 3.25. The number of hydrogen-bond acceptors (Lipinski definition) is 5. The molecule has 5 rings (SSSR count). The van der Waals surface area contributed by atoms with E-state index in [1.807, 2.05) is 12.1 Å². The molecule has 6 heteroatoms. The van der Waals surface area contributed by atoms with Crippen molar-refractivity contribution < 1.29 is 9.18 Å². The van der Waals surface area contributed by atoms with Gasteiger partial charge >= 0.3 is 0 Å². The second-order valence-electron chi connectivity index (χ2n) is 10.5. The zero-order valence-electron chi connectivity index (χ0n) is 20.0. The number of carbonyl (C=O) groups excluding carboxylic acids is 1. The first kappa shape index (κ1) is 22.9. The second kappa shape index (κ2) is 9.41. The van der Waals surface area contributed by atoms with E-state index in [4.69, 9.17) is 5.73 Å². The SMILES string of the molecule is C[C@@H]1C[C@H](N)C[C@H](c2ccncc2CC(=O)c2ccc(F)c3cc(N4CC[C@H](C)C4)cnc23)C1. The van der Waals surface area contributed by atoms with Gasteiger partial charge in [-0.3, -0.25) is 14.8 Å². The molecule has 3 aromatic rings. The molecule has 178 valence electrons. The van der Waals surface area contributed by atoms with Crippen LogP contribution in [0.15, 0.2) is 42.9 Å². The van der Waals surface area contributed by atoms with Crippen LogP contribution in [0.3, 0.4) is 0 Å². The Kier molecular flexibility index (Phi) is 6.34. The Bertz CT molecular complexity index is 1200. The number of benzene rings is 1. The van der Waals surface area contributed by atoms with E-state index >= 15 is 0 Å². The van der Waals surface area contributed by atoms with Crippen LogP contribution in [0.1, 0.15) is 66.9 Å². The fourth-order valence-electron chi connectivity index (χ4n) is 5.91. The van der Waals surface area contributed by atoms with Crippen LogP contribution in [-0.2, 0) is 6.42 Å². The molecule has 2 fully saturated rings. The average molecular weight is 461 g/mol. The molecule has 2 aliphatic rings. The van der Waals surface area contributed by atoms with E-state index < -0.39 is 0 Å². The van der Waals surface area contributed by atoms with Crippen LogP contribution in [-0.4, -0.2) is 34.9 Å². The normalized spacial score (nSPS) is 25.1. The fraction of sp³-hybridized carbons (Fsp3) is 0.464. The van der Waals surface area contributed by atoms with Gasteiger partial charge in [-0.25, -0.2) is 4.39 Å². The van der Waals surface area contributed by atoms with Crippen molar-refractivity contribution in [3.05, 3.63) is 65.4 Å². The highest BCUT2D eigenvalue weighted by molar-refractivity contribution is 6.08. The molecule has 0 bridgehead atoms. The van der Waals surface area contributed by atoms with Crippen LogP contribution in [0.4, 0.5) is 10.1 Å². The van der Waals surface area contributed by atoms with E-state index in [1.165, 1.54) is 6.07 Å². The number of halogens is 1. The zero-order chi connectivity index (χ0) is 23.8. The molecule has 3 heterocycles. The van der Waals surface area contributed by atoms with E-state index in [-0.39, 0.29) is 24.1 Å². The van der Waals surface area contributed by atoms with Crippen LogP contribution in [0.5, 0.6) is 0 Å². The molecule has 2 aromatic heterocycles. The van der Waals surface area contributed by atoms with Crippen molar-refractivity contribution in [2.75, 3.05) is 18.0 Å². The largest absolute Gasteiger partial charge is 0.370 e. The number of hydrogen-bond donors (Lipinski definition) is 1. The summed E-state index contributed by atoms with van der Waals surface area (Å²) in [5.41, 5.74) is 10.2. The van der Waals surface area contributed by atoms with Gasteiger partial charge in [0.25, 0.3) is 0 Å². The molecule has 5 nitrogen and oxygen atoms in total. The molecule has 0 unspecified atom stereocenters. The van der Waals surface area contributed by atoms with Gasteiger partial charge in [0.1, 0.15) is 5.82 Å². The summed E-state index contributed by atoms with van der Waals surface area (Å²) in [6.07, 6.45) is 9.74. The van der Waals surface area contributed by atoms with Gasteiger partial charge in [-0.2, -0.15) is 0 Å². The first-order valence-corrected chi connectivity index (χ1v) is 12.4. The van der Waals surface area contributed by atoms with Crippen molar-refractivity contribution in [1.82, 2.24) is 9.97 Å². The number of rotatable bonds is 5. The molecule has 1 aliphatic heterocycles. The number of Topliss-reactive ketones (excluding diaryl/α,β-unsaturated/α-hetero) is 1. The van der Waals surface area contributed by atoms with Crippen LogP contribution in [0.25, 0.3) is 10.9 Å². The number of carbonyl (C=O) groups is 1. The highest BCUT2D eigenvalue weighted by Gasteiger charge is 2.28. The summed E-state index contributed by atoms with van der Waals surface area (Å²) < 4.78 is 14.8. The summed E-state index contributed by atoms with van der Waals surface area (Å²) in [6.45, 7) is 6.36. The van der Waals surface area contributed by atoms with Crippen molar-refractivity contribution in [2.45, 2.75) is 57.9 Å². The van der Waals surface area contributed by atoms with Crippen LogP contribution >= 0.6 is 0 Å². The third kappa shape index (κ3) is 4.56. The lowest BCUT2D eigenvalue weighted by atomic mass is 9.75. The topological polar surface area (TPSA) is 72.1 Å². The lowest BCUT2D eigenvalue weighted by Crippen LogP contribution is -2.31. The molecule has 4 atom stereocenters. The zero-order valence-corrected chi connectivity index (χ0v) is 20.0. The van der Waals surface area contributed by atoms with Gasteiger partial charge in [0.05, 0.1) is 17.4 Å². The van der Waals surface area contributed by atoms with E-state index in [2.05, 4.69) is 28.7 Å². The van der Waals surface area contributed by atoms with Crippen LogP contribution in [0.2, 0.25) is 0 Å². The number of nitrogens with two attached hydrogens (primary N) is 1.